The molecule has 0 bridgehead atoms. The molecule has 0 fully saturated rings. The second kappa shape index (κ2) is 5.10. The first-order valence-electron chi connectivity index (χ1n) is 2.75. The van der Waals surface area contributed by atoms with Crippen molar-refractivity contribution in [2.24, 2.45) is 0 Å². The number of hydrogen-bond acceptors (Lipinski definition) is 1. The van der Waals surface area contributed by atoms with Crippen LogP contribution in [0.5, 0.6) is 5.75 Å². The molecule has 1 aromatic rings. The number of rotatable bonds is 1. The van der Waals surface area contributed by atoms with Gasteiger partial charge in [-0.05, 0) is 6.07 Å². The second-order valence-electron chi connectivity index (χ2n) is 1.76. The Morgan fingerprint density at radius 2 is 1.90 bits per heavy atom. The number of phenolic OH excluding ortho intramolecular Hbond substituents is 1. The van der Waals surface area contributed by atoms with Gasteiger partial charge in [-0.3, -0.25) is 0 Å². The van der Waals surface area contributed by atoms with Gasteiger partial charge < -0.3 is 5.11 Å². The molecule has 0 saturated heterocycles. The molecule has 0 saturated carbocycles. The standard InChI is InChI=1S/C8H8O.K/c1-2-7-5-3-4-6-8(7)9;/h2-6,9H,1H2;. The Labute approximate surface area is 103 Å². The Hall–Kier alpha value is 0.396. The Balaban J connectivity index is 0.000000810. The van der Waals surface area contributed by atoms with Crippen LogP contribution >= 0.6 is 0 Å². The topological polar surface area (TPSA) is 20.2 Å². The van der Waals surface area contributed by atoms with Crippen molar-refractivity contribution in [3.8, 4) is 5.75 Å². The van der Waals surface area contributed by atoms with E-state index in [1.54, 1.807) is 18.2 Å². The van der Waals surface area contributed by atoms with E-state index in [0.717, 1.165) is 5.56 Å². The Morgan fingerprint density at radius 3 is 2.30 bits per heavy atom. The van der Waals surface area contributed by atoms with Crippen LogP contribution in [0.1, 0.15) is 5.56 Å². The number of aromatic hydroxyl groups is 1. The van der Waals surface area contributed by atoms with Gasteiger partial charge in [0.15, 0.2) is 0 Å². The minimum Gasteiger partial charge on any atom is -0.507 e. The van der Waals surface area contributed by atoms with Gasteiger partial charge in [0.05, 0.1) is 0 Å². The van der Waals surface area contributed by atoms with Crippen LogP contribution in [0.25, 0.3) is 6.08 Å². The van der Waals surface area contributed by atoms with Crippen molar-refractivity contribution in [1.82, 2.24) is 0 Å². The van der Waals surface area contributed by atoms with E-state index in [4.69, 9.17) is 5.11 Å². The summed E-state index contributed by atoms with van der Waals surface area (Å²) in [5.41, 5.74) is 0.775. The molecule has 1 rings (SSSR count). The zero-order valence-electron chi connectivity index (χ0n) is 6.04. The molecule has 0 aromatic heterocycles. The first-order valence-corrected chi connectivity index (χ1v) is 2.75. The molecule has 0 aliphatic rings. The molecule has 0 aliphatic carbocycles. The number of hydrogen-bond donors (Lipinski definition) is 1. The minimum atomic E-state index is 0. The first-order chi connectivity index (χ1) is 4.34. The van der Waals surface area contributed by atoms with E-state index in [9.17, 15) is 0 Å². The molecular weight excluding hydrogens is 151 g/mol. The van der Waals surface area contributed by atoms with Gasteiger partial charge in [0.25, 0.3) is 0 Å². The average molecular weight is 159 g/mol. The van der Waals surface area contributed by atoms with E-state index in [2.05, 4.69) is 6.58 Å². The first kappa shape index (κ1) is 10.4. The van der Waals surface area contributed by atoms with Crippen molar-refractivity contribution in [1.29, 1.82) is 0 Å². The summed E-state index contributed by atoms with van der Waals surface area (Å²) in [4.78, 5) is 0. The predicted molar refractivity (Wildman–Crippen MR) is 44.0 cm³/mol. The summed E-state index contributed by atoms with van der Waals surface area (Å²) in [6, 6.07) is 7.08. The minimum absolute atomic E-state index is 0. The van der Waals surface area contributed by atoms with Crippen molar-refractivity contribution in [2.45, 2.75) is 0 Å². The van der Waals surface area contributed by atoms with E-state index >= 15 is 0 Å². The average Bonchev–Trinajstić information content (AvgIpc) is 1.89. The summed E-state index contributed by atoms with van der Waals surface area (Å²) in [6.07, 6.45) is 1.62. The summed E-state index contributed by atoms with van der Waals surface area (Å²) in [6.45, 7) is 3.53. The van der Waals surface area contributed by atoms with Crippen LogP contribution in [-0.4, -0.2) is 56.5 Å². The van der Waals surface area contributed by atoms with Crippen molar-refractivity contribution in [2.75, 3.05) is 0 Å². The van der Waals surface area contributed by atoms with Crippen LogP contribution < -0.4 is 0 Å². The third-order valence-electron chi connectivity index (χ3n) is 1.16. The molecule has 0 heterocycles. The summed E-state index contributed by atoms with van der Waals surface area (Å²) in [5, 5.41) is 9.04. The van der Waals surface area contributed by atoms with Crippen molar-refractivity contribution in [3.05, 3.63) is 36.4 Å². The molecule has 47 valence electrons. The quantitative estimate of drug-likeness (QED) is 0.618. The third kappa shape index (κ3) is 2.56. The normalized spacial score (nSPS) is 8.00. The fraction of sp³-hybridized carbons (Fsp3) is 0. The zero-order chi connectivity index (χ0) is 6.69. The molecule has 1 nitrogen and oxygen atoms in total. The van der Waals surface area contributed by atoms with E-state index in [-0.39, 0.29) is 57.1 Å². The maximum Gasteiger partial charge on any atom is 0.122 e. The summed E-state index contributed by atoms with van der Waals surface area (Å²) >= 11 is 0. The van der Waals surface area contributed by atoms with Crippen LogP contribution in [0.4, 0.5) is 0 Å². The van der Waals surface area contributed by atoms with E-state index < -0.39 is 0 Å². The van der Waals surface area contributed by atoms with Crippen LogP contribution in [0.2, 0.25) is 0 Å². The molecule has 0 atom stereocenters. The monoisotopic (exact) mass is 159 g/mol. The van der Waals surface area contributed by atoms with E-state index in [0.29, 0.717) is 0 Å². The molecule has 1 aromatic carbocycles. The molecule has 0 spiro atoms. The smallest absolute Gasteiger partial charge is 0.122 e. The van der Waals surface area contributed by atoms with Gasteiger partial charge in [0.2, 0.25) is 0 Å². The molecular formula is C8H8KO. The number of phenols is 1. The van der Waals surface area contributed by atoms with Crippen molar-refractivity contribution in [3.63, 3.8) is 0 Å². The van der Waals surface area contributed by atoms with Gasteiger partial charge in [-0.2, -0.15) is 0 Å². The van der Waals surface area contributed by atoms with Crippen LogP contribution in [0.15, 0.2) is 30.8 Å². The molecule has 0 amide bonds. The molecule has 1 N–H and O–H groups in total. The van der Waals surface area contributed by atoms with E-state index in [1.165, 1.54) is 0 Å². The summed E-state index contributed by atoms with van der Waals surface area (Å²) < 4.78 is 0. The predicted octanol–water partition coefficient (Wildman–Crippen LogP) is 1.65. The fourth-order valence-electron chi connectivity index (χ4n) is 0.660. The molecule has 0 unspecified atom stereocenters. The maximum absolute atomic E-state index is 9.04. The van der Waals surface area contributed by atoms with Gasteiger partial charge in [0, 0.05) is 56.9 Å². The van der Waals surface area contributed by atoms with Crippen molar-refractivity contribution >= 4 is 57.5 Å². The molecule has 0 aliphatic heterocycles. The van der Waals surface area contributed by atoms with Crippen LogP contribution in [0.3, 0.4) is 0 Å². The largest absolute Gasteiger partial charge is 0.507 e. The Kier molecular flexibility index (Phi) is 5.30. The van der Waals surface area contributed by atoms with Crippen LogP contribution in [-0.2, 0) is 0 Å². The molecule has 2 heteroatoms. The van der Waals surface area contributed by atoms with Crippen molar-refractivity contribution < 1.29 is 5.11 Å². The number of benzene rings is 1. The van der Waals surface area contributed by atoms with E-state index in [1.807, 2.05) is 12.1 Å². The molecule has 10 heavy (non-hydrogen) atoms. The van der Waals surface area contributed by atoms with Gasteiger partial charge in [-0.25, -0.2) is 0 Å². The van der Waals surface area contributed by atoms with Gasteiger partial charge in [-0.1, -0.05) is 30.9 Å². The Morgan fingerprint density at radius 1 is 1.30 bits per heavy atom. The van der Waals surface area contributed by atoms with Gasteiger partial charge in [-0.15, -0.1) is 0 Å². The van der Waals surface area contributed by atoms with Gasteiger partial charge >= 0.3 is 0 Å². The SMILES string of the molecule is C=Cc1ccccc1O.[K]. The Bertz CT molecular complexity index is 220. The van der Waals surface area contributed by atoms with Crippen LogP contribution in [0, 0.1) is 0 Å². The second-order valence-corrected chi connectivity index (χ2v) is 1.76. The summed E-state index contributed by atoms with van der Waals surface area (Å²) in [7, 11) is 0. The third-order valence-corrected chi connectivity index (χ3v) is 1.16. The zero-order valence-corrected chi connectivity index (χ0v) is 9.16. The summed E-state index contributed by atoms with van der Waals surface area (Å²) in [5.74, 6) is 0.285. The number of para-hydroxylation sites is 1. The maximum atomic E-state index is 9.04. The van der Waals surface area contributed by atoms with Gasteiger partial charge in [0.1, 0.15) is 5.75 Å². The fourth-order valence-corrected chi connectivity index (χ4v) is 0.660. The molecule has 1 radical (unpaired) electrons.